The molecule has 0 fully saturated rings. The first kappa shape index (κ1) is 7.79. The summed E-state index contributed by atoms with van der Waals surface area (Å²) in [6.45, 7) is 3.62. The molecule has 0 radical (unpaired) electrons. The molecule has 0 spiro atoms. The van der Waals surface area contributed by atoms with E-state index in [-0.39, 0.29) is 12.3 Å². The molecule has 0 aliphatic carbocycles. The number of hydrogen-bond donors (Lipinski definition) is 1. The van der Waals surface area contributed by atoms with E-state index in [0.29, 0.717) is 0 Å². The molecular weight excluding hydrogens is 166 g/mol. The van der Waals surface area contributed by atoms with Gasteiger partial charge in [-0.05, 0) is 12.1 Å². The van der Waals surface area contributed by atoms with Crippen LogP contribution in [0.1, 0.15) is 0 Å². The number of benzene rings is 1. The fraction of sp³-hybridized carbons (Fsp3) is 0.111. The van der Waals surface area contributed by atoms with Crippen molar-refractivity contribution in [1.82, 2.24) is 15.0 Å². The van der Waals surface area contributed by atoms with E-state index >= 15 is 0 Å². The van der Waals surface area contributed by atoms with Gasteiger partial charge in [0.25, 0.3) is 0 Å². The SMILES string of the molecule is C=C(O)Cn1nc2ccccc2n1. The van der Waals surface area contributed by atoms with E-state index in [0.717, 1.165) is 11.0 Å². The molecule has 66 valence electrons. The lowest BCUT2D eigenvalue weighted by molar-refractivity contribution is 0.360. The summed E-state index contributed by atoms with van der Waals surface area (Å²) in [6, 6.07) is 7.54. The van der Waals surface area contributed by atoms with Gasteiger partial charge in [0.1, 0.15) is 23.3 Å². The fourth-order valence-electron chi connectivity index (χ4n) is 1.14. The van der Waals surface area contributed by atoms with Crippen LogP contribution in [0.2, 0.25) is 0 Å². The Labute approximate surface area is 75.1 Å². The van der Waals surface area contributed by atoms with Crippen molar-refractivity contribution in [3.05, 3.63) is 36.6 Å². The van der Waals surface area contributed by atoms with Crippen molar-refractivity contribution >= 4 is 11.0 Å². The molecule has 0 saturated carbocycles. The van der Waals surface area contributed by atoms with Crippen LogP contribution < -0.4 is 0 Å². The smallest absolute Gasteiger partial charge is 0.117 e. The molecule has 4 heteroatoms. The highest BCUT2D eigenvalue weighted by Gasteiger charge is 2.00. The van der Waals surface area contributed by atoms with Gasteiger partial charge in [-0.3, -0.25) is 0 Å². The Balaban J connectivity index is 2.44. The molecule has 2 rings (SSSR count). The molecule has 0 aliphatic heterocycles. The third-order valence-electron chi connectivity index (χ3n) is 1.65. The van der Waals surface area contributed by atoms with E-state index in [1.807, 2.05) is 24.3 Å². The van der Waals surface area contributed by atoms with Gasteiger partial charge >= 0.3 is 0 Å². The predicted molar refractivity (Wildman–Crippen MR) is 49.3 cm³/mol. The Hall–Kier alpha value is -1.84. The third kappa shape index (κ3) is 1.51. The zero-order chi connectivity index (χ0) is 9.26. The molecule has 0 bridgehead atoms. The molecule has 0 amide bonds. The number of rotatable bonds is 2. The monoisotopic (exact) mass is 175 g/mol. The van der Waals surface area contributed by atoms with Crippen molar-refractivity contribution in [3.63, 3.8) is 0 Å². The zero-order valence-corrected chi connectivity index (χ0v) is 7.01. The number of allylic oxidation sites excluding steroid dienone is 1. The van der Waals surface area contributed by atoms with Crippen LogP contribution in [-0.4, -0.2) is 20.1 Å². The van der Waals surface area contributed by atoms with E-state index in [1.165, 1.54) is 4.80 Å². The molecule has 4 nitrogen and oxygen atoms in total. The van der Waals surface area contributed by atoms with Gasteiger partial charge in [0, 0.05) is 0 Å². The molecule has 1 N–H and O–H groups in total. The van der Waals surface area contributed by atoms with E-state index in [1.54, 1.807) is 0 Å². The van der Waals surface area contributed by atoms with Crippen molar-refractivity contribution in [2.45, 2.75) is 6.54 Å². The van der Waals surface area contributed by atoms with E-state index < -0.39 is 0 Å². The van der Waals surface area contributed by atoms with Gasteiger partial charge in [-0.1, -0.05) is 18.7 Å². The lowest BCUT2D eigenvalue weighted by atomic mass is 10.3. The second-order valence-corrected chi connectivity index (χ2v) is 2.79. The summed E-state index contributed by atoms with van der Waals surface area (Å²) in [5.41, 5.74) is 1.65. The predicted octanol–water partition coefficient (Wildman–Crippen LogP) is 1.50. The fourth-order valence-corrected chi connectivity index (χ4v) is 1.14. The molecule has 0 aliphatic rings. The van der Waals surface area contributed by atoms with Gasteiger partial charge in [-0.25, -0.2) is 0 Å². The summed E-state index contributed by atoms with van der Waals surface area (Å²) < 4.78 is 0. The van der Waals surface area contributed by atoms with Crippen molar-refractivity contribution in [3.8, 4) is 0 Å². The minimum atomic E-state index is 0.0558. The van der Waals surface area contributed by atoms with Crippen molar-refractivity contribution in [2.75, 3.05) is 0 Å². The summed E-state index contributed by atoms with van der Waals surface area (Å²) in [6.07, 6.45) is 0. The molecule has 0 atom stereocenters. The van der Waals surface area contributed by atoms with Crippen molar-refractivity contribution in [1.29, 1.82) is 0 Å². The number of nitrogens with zero attached hydrogens (tertiary/aromatic N) is 3. The summed E-state index contributed by atoms with van der Waals surface area (Å²) in [7, 11) is 0. The Bertz CT molecular complexity index is 414. The lowest BCUT2D eigenvalue weighted by Gasteiger charge is -1.94. The van der Waals surface area contributed by atoms with Crippen LogP contribution in [0.3, 0.4) is 0 Å². The van der Waals surface area contributed by atoms with Crippen molar-refractivity contribution in [2.24, 2.45) is 0 Å². The molecule has 1 heterocycles. The summed E-state index contributed by atoms with van der Waals surface area (Å²) in [5, 5.41) is 17.2. The minimum absolute atomic E-state index is 0.0558. The van der Waals surface area contributed by atoms with Crippen LogP contribution in [-0.2, 0) is 6.54 Å². The Morgan fingerprint density at radius 3 is 2.31 bits per heavy atom. The second kappa shape index (κ2) is 2.90. The van der Waals surface area contributed by atoms with Crippen LogP contribution in [0, 0.1) is 0 Å². The molecular formula is C9H9N3O. The highest BCUT2D eigenvalue weighted by atomic mass is 16.3. The van der Waals surface area contributed by atoms with Gasteiger partial charge in [0.05, 0.1) is 0 Å². The van der Waals surface area contributed by atoms with E-state index in [4.69, 9.17) is 5.11 Å². The van der Waals surface area contributed by atoms with Crippen LogP contribution in [0.15, 0.2) is 36.6 Å². The summed E-state index contributed by atoms with van der Waals surface area (Å²) in [5.74, 6) is 0.0558. The Kier molecular flexibility index (Phi) is 1.73. The van der Waals surface area contributed by atoms with E-state index in [9.17, 15) is 0 Å². The van der Waals surface area contributed by atoms with Crippen LogP contribution in [0.5, 0.6) is 0 Å². The number of aliphatic hydroxyl groups excluding tert-OH is 1. The first-order chi connectivity index (χ1) is 6.25. The van der Waals surface area contributed by atoms with E-state index in [2.05, 4.69) is 16.8 Å². The largest absolute Gasteiger partial charge is 0.511 e. The Morgan fingerprint density at radius 1 is 1.31 bits per heavy atom. The van der Waals surface area contributed by atoms with Crippen molar-refractivity contribution < 1.29 is 5.11 Å². The standard InChI is InChI=1S/C9H9N3O/c1-7(13)6-12-10-8-4-2-3-5-9(8)11-12/h2-5,13H,1,6H2. The number of fused-ring (bicyclic) bond motifs is 1. The summed E-state index contributed by atoms with van der Waals surface area (Å²) in [4.78, 5) is 1.42. The molecule has 13 heavy (non-hydrogen) atoms. The second-order valence-electron chi connectivity index (χ2n) is 2.79. The zero-order valence-electron chi connectivity index (χ0n) is 7.01. The quantitative estimate of drug-likeness (QED) is 0.704. The lowest BCUT2D eigenvalue weighted by Crippen LogP contribution is -2.03. The van der Waals surface area contributed by atoms with Gasteiger partial charge < -0.3 is 5.11 Å². The average Bonchev–Trinajstić information content (AvgIpc) is 2.44. The molecule has 0 unspecified atom stereocenters. The first-order valence-electron chi connectivity index (χ1n) is 3.92. The van der Waals surface area contributed by atoms with Crippen LogP contribution in [0.4, 0.5) is 0 Å². The van der Waals surface area contributed by atoms with Gasteiger partial charge in [0.2, 0.25) is 0 Å². The maximum atomic E-state index is 8.94. The maximum absolute atomic E-state index is 8.94. The number of aromatic nitrogens is 3. The maximum Gasteiger partial charge on any atom is 0.117 e. The first-order valence-corrected chi connectivity index (χ1v) is 3.92. The Morgan fingerprint density at radius 2 is 1.85 bits per heavy atom. The molecule has 0 saturated heterocycles. The molecule has 1 aromatic heterocycles. The van der Waals surface area contributed by atoms with Gasteiger partial charge in [-0.2, -0.15) is 15.0 Å². The molecule has 2 aromatic rings. The number of hydrogen-bond acceptors (Lipinski definition) is 3. The van der Waals surface area contributed by atoms with Crippen LogP contribution in [0.25, 0.3) is 11.0 Å². The normalized spacial score (nSPS) is 10.5. The average molecular weight is 175 g/mol. The minimum Gasteiger partial charge on any atom is -0.511 e. The topological polar surface area (TPSA) is 50.9 Å². The summed E-state index contributed by atoms with van der Waals surface area (Å²) >= 11 is 0. The molecule has 1 aromatic carbocycles. The third-order valence-corrected chi connectivity index (χ3v) is 1.65. The van der Waals surface area contributed by atoms with Crippen LogP contribution >= 0.6 is 0 Å². The van der Waals surface area contributed by atoms with Gasteiger partial charge in [0.15, 0.2) is 0 Å². The highest BCUT2D eigenvalue weighted by Crippen LogP contribution is 2.07. The highest BCUT2D eigenvalue weighted by molar-refractivity contribution is 5.72. The number of aliphatic hydroxyl groups is 1. The van der Waals surface area contributed by atoms with Gasteiger partial charge in [-0.15, -0.1) is 0 Å².